The van der Waals surface area contributed by atoms with E-state index in [1.54, 1.807) is 23.1 Å². The van der Waals surface area contributed by atoms with Gasteiger partial charge in [0.25, 0.3) is 0 Å². The molecule has 2 amide bonds. The second-order valence-electron chi connectivity index (χ2n) is 10.6. The molecule has 1 N–H and O–H groups in total. The van der Waals surface area contributed by atoms with Crippen molar-refractivity contribution in [2.24, 2.45) is 5.92 Å². The number of hydrogen-bond donors (Lipinski definition) is 1. The summed E-state index contributed by atoms with van der Waals surface area (Å²) >= 11 is 3.48. The average Bonchev–Trinajstić information content (AvgIpc) is 3.65. The van der Waals surface area contributed by atoms with Crippen molar-refractivity contribution in [2.75, 3.05) is 25.0 Å². The highest BCUT2D eigenvalue weighted by atomic mass is 79.9. The maximum Gasteiger partial charge on any atom is 0.225 e. The molecule has 39 heavy (non-hydrogen) atoms. The molecule has 1 saturated carbocycles. The zero-order valence-corrected chi connectivity index (χ0v) is 22.6. The number of carbonyl (C=O) groups is 2. The fourth-order valence-corrected chi connectivity index (χ4v) is 6.65. The first-order valence-corrected chi connectivity index (χ1v) is 14.0. The highest BCUT2D eigenvalue weighted by Crippen LogP contribution is 2.32. The quantitative estimate of drug-likeness (QED) is 0.385. The van der Waals surface area contributed by atoms with E-state index in [2.05, 4.69) is 36.3 Å². The van der Waals surface area contributed by atoms with Crippen LogP contribution in [0.3, 0.4) is 0 Å². The second-order valence-corrected chi connectivity index (χ2v) is 11.3. The van der Waals surface area contributed by atoms with E-state index in [4.69, 9.17) is 4.98 Å². The molecule has 2 saturated heterocycles. The van der Waals surface area contributed by atoms with Crippen LogP contribution in [-0.2, 0) is 9.59 Å². The number of carbonyl (C=O) groups excluding carboxylic acids is 2. The molecule has 4 aromatic rings. The highest BCUT2D eigenvalue weighted by molar-refractivity contribution is 9.10. The summed E-state index contributed by atoms with van der Waals surface area (Å²) in [6.45, 7) is 1.89. The Morgan fingerprint density at radius 3 is 2.95 bits per heavy atom. The van der Waals surface area contributed by atoms with Gasteiger partial charge in [-0.15, -0.1) is 0 Å². The molecule has 1 aromatic carbocycles. The molecule has 12 heteroatoms. The lowest BCUT2D eigenvalue weighted by Crippen LogP contribution is -2.54. The van der Waals surface area contributed by atoms with Crippen LogP contribution >= 0.6 is 15.9 Å². The van der Waals surface area contributed by atoms with E-state index in [0.717, 1.165) is 19.3 Å². The fourth-order valence-electron chi connectivity index (χ4n) is 6.22. The van der Waals surface area contributed by atoms with Gasteiger partial charge in [-0.1, -0.05) is 6.07 Å². The fraction of sp³-hybridized carbons (Fsp3) is 0.407. The van der Waals surface area contributed by atoms with E-state index >= 15 is 0 Å². The number of hydrogen-bond acceptors (Lipinski definition) is 7. The Morgan fingerprint density at radius 1 is 1.15 bits per heavy atom. The summed E-state index contributed by atoms with van der Waals surface area (Å²) < 4.78 is 17.0. The molecule has 3 aromatic heterocycles. The highest BCUT2D eigenvalue weighted by Gasteiger charge is 2.40. The number of nitrogens with one attached hydrogen (secondary N) is 1. The number of piperazine rings is 1. The second kappa shape index (κ2) is 9.51. The van der Waals surface area contributed by atoms with Gasteiger partial charge in [-0.25, -0.2) is 14.1 Å². The summed E-state index contributed by atoms with van der Waals surface area (Å²) in [5.41, 5.74) is 1.37. The van der Waals surface area contributed by atoms with Gasteiger partial charge in [0.15, 0.2) is 11.5 Å². The van der Waals surface area contributed by atoms with Crippen molar-refractivity contribution in [3.05, 3.63) is 47.1 Å². The van der Waals surface area contributed by atoms with Gasteiger partial charge in [0.2, 0.25) is 17.8 Å². The van der Waals surface area contributed by atoms with Crippen LogP contribution in [0.25, 0.3) is 27.6 Å². The van der Waals surface area contributed by atoms with Crippen LogP contribution in [0, 0.1) is 11.7 Å². The van der Waals surface area contributed by atoms with Gasteiger partial charge >= 0.3 is 0 Å². The molecule has 3 atom stereocenters. The van der Waals surface area contributed by atoms with Gasteiger partial charge in [0, 0.05) is 67.9 Å². The van der Waals surface area contributed by atoms with Crippen molar-refractivity contribution in [1.82, 2.24) is 34.5 Å². The Morgan fingerprint density at radius 2 is 2.05 bits per heavy atom. The zero-order valence-electron chi connectivity index (χ0n) is 21.1. The van der Waals surface area contributed by atoms with Crippen LogP contribution < -0.4 is 5.32 Å². The van der Waals surface area contributed by atoms with Crippen LogP contribution in [0.1, 0.15) is 32.1 Å². The molecule has 2 aliphatic heterocycles. The lowest BCUT2D eigenvalue weighted by Gasteiger charge is -2.38. The first-order valence-electron chi connectivity index (χ1n) is 13.3. The number of benzene rings is 1. The van der Waals surface area contributed by atoms with Gasteiger partial charge in [0.05, 0.1) is 11.1 Å². The van der Waals surface area contributed by atoms with Crippen molar-refractivity contribution >= 4 is 55.6 Å². The van der Waals surface area contributed by atoms with Crippen molar-refractivity contribution in [1.29, 1.82) is 0 Å². The molecule has 1 aliphatic carbocycles. The minimum Gasteiger partial charge on any atom is -0.351 e. The summed E-state index contributed by atoms with van der Waals surface area (Å²) in [7, 11) is 0. The first kappa shape index (κ1) is 24.4. The molecule has 3 aliphatic rings. The van der Waals surface area contributed by atoms with Crippen LogP contribution in [0.4, 0.5) is 10.3 Å². The van der Waals surface area contributed by atoms with Crippen molar-refractivity contribution < 1.29 is 14.0 Å². The number of nitrogens with zero attached hydrogens (tertiary/aromatic N) is 7. The largest absolute Gasteiger partial charge is 0.351 e. The number of anilines is 1. The SMILES string of the molecule is O=C([C@@H]1CC[C@@H](Nc2ncc3c(Br)nn(-c4cc(F)c5ncccc5c4)c3n2)C1)N1CCN2C(=O)CC[C@@H]2C1. The number of halogens is 2. The lowest BCUT2D eigenvalue weighted by molar-refractivity contribution is -0.141. The minimum atomic E-state index is -0.433. The Hall–Kier alpha value is -3.67. The van der Waals surface area contributed by atoms with E-state index < -0.39 is 5.82 Å². The predicted molar refractivity (Wildman–Crippen MR) is 146 cm³/mol. The number of fused-ring (bicyclic) bond motifs is 3. The summed E-state index contributed by atoms with van der Waals surface area (Å²) in [5.74, 6) is 0.353. The average molecular weight is 593 g/mol. The minimum absolute atomic E-state index is 0.0521. The van der Waals surface area contributed by atoms with Crippen molar-refractivity contribution in [3.8, 4) is 5.69 Å². The molecule has 0 unspecified atom stereocenters. The standard InChI is InChI=1S/C27H26BrFN8O2/c28-24-20-13-31-27(33-25(20)37(34-24)19-11-15-2-1-7-30-23(15)21(29)12-19)32-17-4-3-16(10-17)26(39)35-8-9-36-18(14-35)5-6-22(36)38/h1-2,7,11-13,16-18H,3-6,8-10,14H2,(H,31,32,33)/t16-,17-,18-/m1/s1. The number of rotatable bonds is 4. The number of amides is 2. The Labute approximate surface area is 231 Å². The van der Waals surface area contributed by atoms with Crippen LogP contribution in [0.5, 0.6) is 0 Å². The third kappa shape index (κ3) is 4.30. The summed E-state index contributed by atoms with van der Waals surface area (Å²) in [4.78, 5) is 42.5. The van der Waals surface area contributed by atoms with Gasteiger partial charge in [0.1, 0.15) is 10.1 Å². The topological polar surface area (TPSA) is 109 Å². The van der Waals surface area contributed by atoms with E-state index in [-0.39, 0.29) is 29.8 Å². The van der Waals surface area contributed by atoms with E-state index in [9.17, 15) is 14.0 Å². The first-order chi connectivity index (χ1) is 18.9. The summed E-state index contributed by atoms with van der Waals surface area (Å²) in [6.07, 6.45) is 7.03. The Kier molecular flexibility index (Phi) is 5.94. The molecule has 3 fully saturated rings. The van der Waals surface area contributed by atoms with Gasteiger partial charge in [-0.3, -0.25) is 14.6 Å². The van der Waals surface area contributed by atoms with E-state index in [1.165, 1.54) is 6.07 Å². The van der Waals surface area contributed by atoms with Crippen molar-refractivity contribution in [3.63, 3.8) is 0 Å². The zero-order chi connectivity index (χ0) is 26.7. The molecule has 10 nitrogen and oxygen atoms in total. The summed E-state index contributed by atoms with van der Waals surface area (Å²) in [6, 6.07) is 7.04. The summed E-state index contributed by atoms with van der Waals surface area (Å²) in [5, 5.41) is 9.32. The normalized spacial score (nSPS) is 23.1. The smallest absolute Gasteiger partial charge is 0.225 e. The van der Waals surface area contributed by atoms with Crippen molar-refractivity contribution in [2.45, 2.75) is 44.2 Å². The van der Waals surface area contributed by atoms with E-state index in [1.807, 2.05) is 21.9 Å². The molecular formula is C27H26BrFN8O2. The van der Waals surface area contributed by atoms with Gasteiger partial charge < -0.3 is 15.1 Å². The molecule has 0 spiro atoms. The van der Waals surface area contributed by atoms with Crippen LogP contribution in [-0.4, -0.2) is 78.1 Å². The molecule has 0 bridgehead atoms. The van der Waals surface area contributed by atoms with Crippen LogP contribution in [0.15, 0.2) is 41.3 Å². The maximum atomic E-state index is 14.8. The van der Waals surface area contributed by atoms with Crippen LogP contribution in [0.2, 0.25) is 0 Å². The molecule has 0 radical (unpaired) electrons. The van der Waals surface area contributed by atoms with Gasteiger partial charge in [-0.2, -0.15) is 10.1 Å². The molecule has 7 rings (SSSR count). The molecule has 5 heterocycles. The maximum absolute atomic E-state index is 14.8. The Bertz CT molecular complexity index is 1630. The molecular weight excluding hydrogens is 567 g/mol. The third-order valence-corrected chi connectivity index (χ3v) is 8.77. The van der Waals surface area contributed by atoms with E-state index in [0.29, 0.717) is 70.7 Å². The van der Waals surface area contributed by atoms with Gasteiger partial charge in [-0.05, 0) is 53.7 Å². The number of aromatic nitrogens is 5. The monoisotopic (exact) mass is 592 g/mol. The third-order valence-electron chi connectivity index (χ3n) is 8.19. The predicted octanol–water partition coefficient (Wildman–Crippen LogP) is 3.68. The molecule has 200 valence electrons. The lowest BCUT2D eigenvalue weighted by atomic mass is 10.0. The number of pyridine rings is 1. The Balaban J connectivity index is 1.08.